The minimum atomic E-state index is 0.430. The van der Waals surface area contributed by atoms with Crippen LogP contribution >= 0.6 is 0 Å². The van der Waals surface area contributed by atoms with Crippen LogP contribution in [0.5, 0.6) is 0 Å². The number of hydrogen-bond acceptors (Lipinski definition) is 3. The highest BCUT2D eigenvalue weighted by molar-refractivity contribution is 5.63. The molecule has 0 atom stereocenters. The van der Waals surface area contributed by atoms with Crippen LogP contribution in [0.3, 0.4) is 0 Å². The number of rotatable bonds is 5. The van der Waals surface area contributed by atoms with Crippen molar-refractivity contribution in [2.75, 3.05) is 5.73 Å². The first-order valence-electron chi connectivity index (χ1n) is 9.18. The van der Waals surface area contributed by atoms with E-state index in [-0.39, 0.29) is 0 Å². The molecule has 3 N–H and O–H groups in total. The molecule has 0 unspecified atom stereocenters. The summed E-state index contributed by atoms with van der Waals surface area (Å²) in [4.78, 5) is 7.66. The van der Waals surface area contributed by atoms with E-state index in [1.165, 1.54) is 16.7 Å². The van der Waals surface area contributed by atoms with Gasteiger partial charge in [0.1, 0.15) is 0 Å². The van der Waals surface area contributed by atoms with E-state index in [4.69, 9.17) is 11.0 Å². The second-order valence-electron chi connectivity index (χ2n) is 6.77. The van der Waals surface area contributed by atoms with Gasteiger partial charge >= 0.3 is 0 Å². The third-order valence-corrected chi connectivity index (χ3v) is 4.78. The smallest absolute Gasteiger partial charge is 0.197 e. The molecule has 4 nitrogen and oxygen atoms in total. The molecule has 1 aromatic heterocycles. The predicted molar refractivity (Wildman–Crippen MR) is 112 cm³/mol. The zero-order valence-electron chi connectivity index (χ0n) is 15.4. The number of hydrogen-bond donors (Lipinski definition) is 2. The van der Waals surface area contributed by atoms with Gasteiger partial charge in [-0.3, -0.25) is 0 Å². The van der Waals surface area contributed by atoms with Gasteiger partial charge in [-0.1, -0.05) is 66.7 Å². The Kier molecular flexibility index (Phi) is 4.90. The highest BCUT2D eigenvalue weighted by Crippen LogP contribution is 2.22. The Labute approximate surface area is 164 Å². The van der Waals surface area contributed by atoms with Crippen molar-refractivity contribution >= 4 is 5.95 Å². The summed E-state index contributed by atoms with van der Waals surface area (Å²) in [7, 11) is 0. The van der Waals surface area contributed by atoms with Crippen molar-refractivity contribution in [3.63, 3.8) is 0 Å². The lowest BCUT2D eigenvalue weighted by Gasteiger charge is -2.06. The fourth-order valence-electron chi connectivity index (χ4n) is 3.30. The Morgan fingerprint density at radius 3 is 2.07 bits per heavy atom. The molecule has 0 radical (unpaired) electrons. The topological polar surface area (TPSA) is 78.5 Å². The number of imidazole rings is 1. The molecule has 1 heterocycles. The minimum Gasteiger partial charge on any atom is -0.369 e. The van der Waals surface area contributed by atoms with E-state index in [9.17, 15) is 0 Å². The lowest BCUT2D eigenvalue weighted by molar-refractivity contribution is 1.03. The summed E-state index contributed by atoms with van der Waals surface area (Å²) < 4.78 is 0. The maximum absolute atomic E-state index is 8.94. The molecular weight excluding hydrogens is 344 g/mol. The van der Waals surface area contributed by atoms with Crippen LogP contribution < -0.4 is 5.73 Å². The Morgan fingerprint density at radius 1 is 0.786 bits per heavy atom. The number of H-pyrrole nitrogens is 1. The number of nitrogen functional groups attached to an aromatic ring is 1. The van der Waals surface area contributed by atoms with Crippen LogP contribution in [-0.2, 0) is 12.8 Å². The van der Waals surface area contributed by atoms with Crippen LogP contribution in [0.15, 0.2) is 78.9 Å². The Hall–Kier alpha value is -3.84. The van der Waals surface area contributed by atoms with Crippen LogP contribution in [-0.4, -0.2) is 9.97 Å². The third-order valence-electron chi connectivity index (χ3n) is 4.78. The standard InChI is InChI=1S/C24H20N4/c25-16-19-8-6-17(7-9-19)14-22-23(28-24(26)27-22)15-18-10-12-21(13-11-18)20-4-2-1-3-5-20/h1-13H,14-15H2,(H3,26,27,28). The van der Waals surface area contributed by atoms with Crippen molar-refractivity contribution in [3.05, 3.63) is 107 Å². The molecule has 0 spiro atoms. The number of nitrogens with two attached hydrogens (primary N) is 1. The second-order valence-corrected chi connectivity index (χ2v) is 6.77. The normalized spacial score (nSPS) is 10.5. The molecular formula is C24H20N4. The number of aromatic amines is 1. The number of aromatic nitrogens is 2. The second kappa shape index (κ2) is 7.81. The molecule has 28 heavy (non-hydrogen) atoms. The van der Waals surface area contributed by atoms with Gasteiger partial charge < -0.3 is 10.7 Å². The van der Waals surface area contributed by atoms with Crippen LogP contribution in [0.25, 0.3) is 11.1 Å². The lowest BCUT2D eigenvalue weighted by Crippen LogP contribution is -1.97. The quantitative estimate of drug-likeness (QED) is 0.538. The average molecular weight is 364 g/mol. The first kappa shape index (κ1) is 17.6. The summed E-state index contributed by atoms with van der Waals surface area (Å²) in [5.74, 6) is 0.430. The number of nitriles is 1. The molecule has 3 aromatic carbocycles. The first-order chi connectivity index (χ1) is 13.7. The molecule has 0 amide bonds. The summed E-state index contributed by atoms with van der Waals surface area (Å²) in [5.41, 5.74) is 13.3. The van der Waals surface area contributed by atoms with E-state index in [2.05, 4.69) is 52.4 Å². The number of anilines is 1. The molecule has 0 bridgehead atoms. The molecule has 4 rings (SSSR count). The van der Waals surface area contributed by atoms with Gasteiger partial charge in [-0.2, -0.15) is 5.26 Å². The fourth-order valence-corrected chi connectivity index (χ4v) is 3.30. The first-order valence-corrected chi connectivity index (χ1v) is 9.18. The minimum absolute atomic E-state index is 0.430. The van der Waals surface area contributed by atoms with E-state index in [0.29, 0.717) is 17.9 Å². The van der Waals surface area contributed by atoms with Gasteiger partial charge in [-0.15, -0.1) is 0 Å². The maximum atomic E-state index is 8.94. The average Bonchev–Trinajstić information content (AvgIpc) is 3.08. The summed E-state index contributed by atoms with van der Waals surface area (Å²) in [5, 5.41) is 8.94. The molecule has 0 saturated heterocycles. The van der Waals surface area contributed by atoms with Gasteiger partial charge in [0.2, 0.25) is 0 Å². The van der Waals surface area contributed by atoms with Gasteiger partial charge in [0.25, 0.3) is 0 Å². The summed E-state index contributed by atoms with van der Waals surface area (Å²) in [6, 6.07) is 28.6. The number of nitrogens with zero attached hydrogens (tertiary/aromatic N) is 2. The third kappa shape index (κ3) is 3.94. The van der Waals surface area contributed by atoms with Crippen LogP contribution in [0.4, 0.5) is 5.95 Å². The van der Waals surface area contributed by atoms with Crippen molar-refractivity contribution in [1.29, 1.82) is 5.26 Å². The summed E-state index contributed by atoms with van der Waals surface area (Å²) >= 11 is 0. The zero-order chi connectivity index (χ0) is 19.3. The molecule has 0 saturated carbocycles. The van der Waals surface area contributed by atoms with Crippen molar-refractivity contribution in [1.82, 2.24) is 9.97 Å². The van der Waals surface area contributed by atoms with Crippen molar-refractivity contribution < 1.29 is 0 Å². The fraction of sp³-hybridized carbons (Fsp3) is 0.0833. The monoisotopic (exact) mass is 364 g/mol. The molecule has 4 aromatic rings. The van der Waals surface area contributed by atoms with Gasteiger partial charge in [-0.25, -0.2) is 4.98 Å². The molecule has 0 fully saturated rings. The van der Waals surface area contributed by atoms with Gasteiger partial charge in [0, 0.05) is 18.5 Å². The Bertz CT molecular complexity index is 1100. The molecule has 0 aliphatic rings. The Morgan fingerprint density at radius 2 is 1.39 bits per heavy atom. The number of benzene rings is 3. The van der Waals surface area contributed by atoms with Crippen LogP contribution in [0.1, 0.15) is 28.1 Å². The summed E-state index contributed by atoms with van der Waals surface area (Å²) in [6.07, 6.45) is 1.42. The molecule has 4 heteroatoms. The van der Waals surface area contributed by atoms with Gasteiger partial charge in [0.15, 0.2) is 5.95 Å². The number of nitrogens with one attached hydrogen (secondary N) is 1. The predicted octanol–water partition coefficient (Wildman–Crippen LogP) is 4.71. The largest absolute Gasteiger partial charge is 0.369 e. The van der Waals surface area contributed by atoms with E-state index < -0.39 is 0 Å². The molecule has 0 aliphatic heterocycles. The van der Waals surface area contributed by atoms with Crippen molar-refractivity contribution in [2.45, 2.75) is 12.8 Å². The highest BCUT2D eigenvalue weighted by Gasteiger charge is 2.11. The molecule has 0 aliphatic carbocycles. The maximum Gasteiger partial charge on any atom is 0.197 e. The zero-order valence-corrected chi connectivity index (χ0v) is 15.4. The van der Waals surface area contributed by atoms with Crippen molar-refractivity contribution in [3.8, 4) is 17.2 Å². The van der Waals surface area contributed by atoms with E-state index in [0.717, 1.165) is 23.4 Å². The van der Waals surface area contributed by atoms with Gasteiger partial charge in [-0.05, 0) is 34.4 Å². The van der Waals surface area contributed by atoms with E-state index in [1.807, 2.05) is 42.5 Å². The van der Waals surface area contributed by atoms with Crippen LogP contribution in [0.2, 0.25) is 0 Å². The molecule has 136 valence electrons. The SMILES string of the molecule is N#Cc1ccc(Cc2nc(N)[nH]c2Cc2ccc(-c3ccccc3)cc2)cc1. The van der Waals surface area contributed by atoms with E-state index >= 15 is 0 Å². The van der Waals surface area contributed by atoms with Crippen molar-refractivity contribution in [2.24, 2.45) is 0 Å². The highest BCUT2D eigenvalue weighted by atomic mass is 15.0. The summed E-state index contributed by atoms with van der Waals surface area (Å²) in [6.45, 7) is 0. The van der Waals surface area contributed by atoms with Crippen LogP contribution in [0, 0.1) is 11.3 Å². The van der Waals surface area contributed by atoms with Gasteiger partial charge in [0.05, 0.1) is 17.3 Å². The Balaban J connectivity index is 1.53. The van der Waals surface area contributed by atoms with E-state index in [1.54, 1.807) is 0 Å². The lowest BCUT2D eigenvalue weighted by atomic mass is 10.0.